The smallest absolute Gasteiger partial charge is 0.317 e. The van der Waals surface area contributed by atoms with Crippen LogP contribution in [0.15, 0.2) is 60.9 Å². The molecule has 24 heteroatoms. The van der Waals surface area contributed by atoms with Crippen molar-refractivity contribution >= 4 is 69.6 Å². The number of hydrogen-bond acceptors (Lipinski definition) is 16. The summed E-state index contributed by atoms with van der Waals surface area (Å²) in [6.07, 6.45) is 2.99. The topological polar surface area (TPSA) is 363 Å². The number of aliphatic carboxylic acids is 8. The number of aromatic nitrogens is 4. The zero-order valence-electron chi connectivity index (χ0n) is 36.7. The second-order valence-corrected chi connectivity index (χ2v) is 15.6. The average Bonchev–Trinajstić information content (AvgIpc) is 3.22. The van der Waals surface area contributed by atoms with Crippen LogP contribution in [-0.2, 0) is 64.5 Å². The number of carbonyl (C=O) groups is 8. The van der Waals surface area contributed by atoms with Gasteiger partial charge in [-0.2, -0.15) is 0 Å². The molecule has 0 bridgehead atoms. The van der Waals surface area contributed by atoms with Crippen LogP contribution in [0, 0.1) is 23.7 Å². The van der Waals surface area contributed by atoms with Gasteiger partial charge in [0.15, 0.2) is 0 Å². The van der Waals surface area contributed by atoms with Gasteiger partial charge in [0.1, 0.15) is 0 Å². The molecule has 0 aliphatic rings. The van der Waals surface area contributed by atoms with Gasteiger partial charge in [0.25, 0.3) is 0 Å². The highest BCUT2D eigenvalue weighted by Gasteiger charge is 2.21. The first-order valence-electron chi connectivity index (χ1n) is 20.5. The molecule has 5 aromatic rings. The summed E-state index contributed by atoms with van der Waals surface area (Å²) in [6.45, 7) is -6.05. The number of benzene rings is 1. The van der Waals surface area contributed by atoms with Gasteiger partial charge in [-0.1, -0.05) is 35.8 Å². The second-order valence-electron chi connectivity index (χ2n) is 15.6. The highest BCUT2D eigenvalue weighted by Crippen LogP contribution is 2.24. The molecule has 70 heavy (non-hydrogen) atoms. The maximum absolute atomic E-state index is 11.5. The van der Waals surface area contributed by atoms with Gasteiger partial charge < -0.3 is 40.9 Å². The molecule has 0 fully saturated rings. The lowest BCUT2D eigenvalue weighted by atomic mass is 10.1. The molecule has 0 amide bonds. The third-order valence-electron chi connectivity index (χ3n) is 9.48. The summed E-state index contributed by atoms with van der Waals surface area (Å²) >= 11 is 0. The van der Waals surface area contributed by atoms with Crippen molar-refractivity contribution < 1.29 is 79.2 Å². The lowest BCUT2D eigenvalue weighted by Crippen LogP contribution is -2.35. The molecule has 0 aliphatic heterocycles. The Balaban J connectivity index is 1.46. The SMILES string of the molecule is O=C(O)CN(CC(=O)O)Cc1cc(C#Cc2cnc3c(ccc4cc(C#Cc5cc(CN(CC(=O)O)CC(=O)O)nc(CN(CC(=O)O)CC(=O)O)c5)cnc43)c2)cc(CN(CC(=O)O)CC(=O)O)n1. The predicted octanol–water partition coefficient (Wildman–Crippen LogP) is 0.257. The third-order valence-corrected chi connectivity index (χ3v) is 9.48. The lowest BCUT2D eigenvalue weighted by molar-refractivity contribution is -0.144. The van der Waals surface area contributed by atoms with Gasteiger partial charge in [0.2, 0.25) is 0 Å². The standard InChI is InChI=1S/C46H42N8O16/c55-37(56)19-51(20-38(57)58)15-33-9-27(10-34(49-33)16-52(21-39(59)60)22-40(61)62)1-3-29-7-31-5-6-32-8-30(14-48-46(32)45(31)47-13-29)4-2-28-11-35(17-53(23-41(63)64)24-42(65)66)50-36(12-28)18-54(25-43(67)68)26-44(69)70/h5-14H,15-26H2,(H,55,56)(H,57,58)(H,59,60)(H,61,62)(H,63,64)(H,65,66)(H,67,68)(H,69,70). The highest BCUT2D eigenvalue weighted by atomic mass is 16.4. The lowest BCUT2D eigenvalue weighted by Gasteiger charge is -2.20. The molecular weight excluding hydrogens is 921 g/mol. The van der Waals surface area contributed by atoms with E-state index in [0.29, 0.717) is 44.1 Å². The minimum absolute atomic E-state index is 0.193. The van der Waals surface area contributed by atoms with Crippen molar-refractivity contribution in [3.05, 3.63) is 106 Å². The van der Waals surface area contributed by atoms with Gasteiger partial charge in [-0.3, -0.25) is 77.9 Å². The summed E-state index contributed by atoms with van der Waals surface area (Å²) < 4.78 is 0. The summed E-state index contributed by atoms with van der Waals surface area (Å²) in [5.74, 6) is 1.64. The molecule has 0 atom stereocenters. The van der Waals surface area contributed by atoms with Crippen LogP contribution in [0.3, 0.4) is 0 Å². The van der Waals surface area contributed by atoms with Crippen molar-refractivity contribution in [3.63, 3.8) is 0 Å². The van der Waals surface area contributed by atoms with E-state index in [4.69, 9.17) is 0 Å². The molecule has 0 spiro atoms. The maximum Gasteiger partial charge on any atom is 0.317 e. The first kappa shape index (κ1) is 52.0. The van der Waals surface area contributed by atoms with Crippen molar-refractivity contribution in [1.82, 2.24) is 39.5 Å². The Labute approximate surface area is 395 Å². The van der Waals surface area contributed by atoms with Crippen molar-refractivity contribution in [2.75, 3.05) is 52.4 Å². The molecule has 0 saturated heterocycles. The molecule has 0 saturated carbocycles. The number of carboxylic acids is 8. The number of hydrogen-bond donors (Lipinski definition) is 8. The summed E-state index contributed by atoms with van der Waals surface area (Å²) in [6, 6.07) is 13.1. The largest absolute Gasteiger partial charge is 0.480 e. The van der Waals surface area contributed by atoms with Crippen molar-refractivity contribution in [2.24, 2.45) is 0 Å². The Morgan fingerprint density at radius 3 is 0.814 bits per heavy atom. The molecule has 4 heterocycles. The third kappa shape index (κ3) is 17.0. The van der Waals surface area contributed by atoms with Gasteiger partial charge in [-0.15, -0.1) is 0 Å². The van der Waals surface area contributed by atoms with Crippen molar-refractivity contribution in [3.8, 4) is 23.7 Å². The Morgan fingerprint density at radius 2 is 0.586 bits per heavy atom. The van der Waals surface area contributed by atoms with Crippen LogP contribution in [0.5, 0.6) is 0 Å². The normalized spacial score (nSPS) is 11.0. The van der Waals surface area contributed by atoms with E-state index in [-0.39, 0.29) is 49.0 Å². The first-order chi connectivity index (χ1) is 33.2. The molecular formula is C46H42N8O16. The van der Waals surface area contributed by atoms with Crippen molar-refractivity contribution in [1.29, 1.82) is 0 Å². The van der Waals surface area contributed by atoms with Gasteiger partial charge >= 0.3 is 47.8 Å². The van der Waals surface area contributed by atoms with E-state index in [2.05, 4.69) is 43.6 Å². The van der Waals surface area contributed by atoms with E-state index < -0.39 is 100 Å². The summed E-state index contributed by atoms with van der Waals surface area (Å²) in [5, 5.41) is 76.1. The molecule has 0 unspecified atom stereocenters. The summed E-state index contributed by atoms with van der Waals surface area (Å²) in [5.41, 5.74) is 3.32. The van der Waals surface area contributed by atoms with E-state index in [0.717, 1.165) is 19.6 Å². The fraction of sp³-hybridized carbons (Fsp3) is 0.261. The number of pyridine rings is 4. The van der Waals surface area contributed by atoms with Gasteiger partial charge in [0.05, 0.1) is 86.2 Å². The minimum atomic E-state index is -1.29. The zero-order valence-corrected chi connectivity index (χ0v) is 36.7. The Hall–Kier alpha value is -8.94. The molecule has 362 valence electrons. The molecule has 5 rings (SSSR count). The van der Waals surface area contributed by atoms with Gasteiger partial charge in [-0.05, 0) is 36.4 Å². The molecule has 0 radical (unpaired) electrons. The average molecular weight is 963 g/mol. The number of fused-ring (bicyclic) bond motifs is 3. The van der Waals surface area contributed by atoms with Gasteiger partial charge in [-0.25, -0.2) is 0 Å². The first-order valence-corrected chi connectivity index (χ1v) is 20.5. The number of carboxylic acid groups (broad SMARTS) is 8. The molecule has 24 nitrogen and oxygen atoms in total. The van der Waals surface area contributed by atoms with E-state index in [1.165, 1.54) is 36.7 Å². The van der Waals surface area contributed by atoms with E-state index >= 15 is 0 Å². The predicted molar refractivity (Wildman–Crippen MR) is 240 cm³/mol. The fourth-order valence-corrected chi connectivity index (χ4v) is 7.10. The van der Waals surface area contributed by atoms with Crippen LogP contribution in [0.2, 0.25) is 0 Å². The summed E-state index contributed by atoms with van der Waals surface area (Å²) in [4.78, 5) is 114. The molecule has 8 N–H and O–H groups in total. The second kappa shape index (κ2) is 24.2. The van der Waals surface area contributed by atoms with Crippen LogP contribution >= 0.6 is 0 Å². The Bertz CT molecular complexity index is 2640. The van der Waals surface area contributed by atoms with Crippen LogP contribution in [0.25, 0.3) is 21.8 Å². The van der Waals surface area contributed by atoms with Crippen LogP contribution in [0.1, 0.15) is 45.0 Å². The fourth-order valence-electron chi connectivity index (χ4n) is 7.10. The molecule has 1 aromatic carbocycles. The highest BCUT2D eigenvalue weighted by molar-refractivity contribution is 6.03. The number of nitrogens with zero attached hydrogens (tertiary/aromatic N) is 8. The minimum Gasteiger partial charge on any atom is -0.480 e. The Morgan fingerprint density at radius 1 is 0.357 bits per heavy atom. The van der Waals surface area contributed by atoms with E-state index in [1.54, 1.807) is 24.3 Å². The molecule has 4 aromatic heterocycles. The Kier molecular flexibility index (Phi) is 18.0. The van der Waals surface area contributed by atoms with Crippen LogP contribution in [0.4, 0.5) is 0 Å². The summed E-state index contributed by atoms with van der Waals surface area (Å²) in [7, 11) is 0. The van der Waals surface area contributed by atoms with Gasteiger partial charge in [0, 0.05) is 71.6 Å². The zero-order chi connectivity index (χ0) is 51.1. The van der Waals surface area contributed by atoms with Crippen LogP contribution in [-0.4, -0.2) is 181 Å². The maximum atomic E-state index is 11.5. The monoisotopic (exact) mass is 962 g/mol. The van der Waals surface area contributed by atoms with Crippen LogP contribution < -0.4 is 0 Å². The molecule has 0 aliphatic carbocycles. The van der Waals surface area contributed by atoms with E-state index in [9.17, 15) is 79.2 Å². The van der Waals surface area contributed by atoms with E-state index in [1.807, 2.05) is 0 Å². The number of rotatable bonds is 24. The quantitative estimate of drug-likeness (QED) is 0.0304. The van der Waals surface area contributed by atoms with Crippen molar-refractivity contribution in [2.45, 2.75) is 26.2 Å².